The predicted molar refractivity (Wildman–Crippen MR) is 70.6 cm³/mol. The maximum absolute atomic E-state index is 11.6. The van der Waals surface area contributed by atoms with Crippen LogP contribution in [0.1, 0.15) is 30.3 Å². The second kappa shape index (κ2) is 5.23. The quantitative estimate of drug-likeness (QED) is 0.815. The van der Waals surface area contributed by atoms with Crippen LogP contribution in [-0.2, 0) is 11.2 Å². The van der Waals surface area contributed by atoms with E-state index in [1.807, 2.05) is 6.92 Å². The van der Waals surface area contributed by atoms with Crippen LogP contribution >= 0.6 is 11.3 Å². The minimum Gasteiger partial charge on any atom is -0.302 e. The second-order valence-corrected chi connectivity index (χ2v) is 4.94. The smallest absolute Gasteiger partial charge is 0.229 e. The molecule has 1 aliphatic rings. The van der Waals surface area contributed by atoms with Crippen LogP contribution in [0.2, 0.25) is 0 Å². The Morgan fingerprint density at radius 2 is 2.47 bits per heavy atom. The van der Waals surface area contributed by atoms with Crippen molar-refractivity contribution >= 4 is 28.6 Å². The number of carbonyl (C=O) groups excluding carboxylic acids is 1. The molecule has 0 bridgehead atoms. The Morgan fingerprint density at radius 3 is 3.06 bits per heavy atom. The first-order chi connectivity index (χ1) is 8.24. The van der Waals surface area contributed by atoms with Gasteiger partial charge < -0.3 is 5.32 Å². The molecule has 0 saturated heterocycles. The van der Waals surface area contributed by atoms with Gasteiger partial charge in [0.2, 0.25) is 5.91 Å². The summed E-state index contributed by atoms with van der Waals surface area (Å²) in [7, 11) is 0. The van der Waals surface area contributed by atoms with E-state index >= 15 is 0 Å². The number of hydrogen-bond donors (Lipinski definition) is 1. The van der Waals surface area contributed by atoms with Gasteiger partial charge in [0.1, 0.15) is 0 Å². The lowest BCUT2D eigenvalue weighted by molar-refractivity contribution is -0.117. The first-order valence-electron chi connectivity index (χ1n) is 5.69. The summed E-state index contributed by atoms with van der Waals surface area (Å²) in [5, 5.41) is 3.53. The fourth-order valence-electron chi connectivity index (χ4n) is 1.44. The van der Waals surface area contributed by atoms with Crippen molar-refractivity contribution in [2.45, 2.75) is 26.2 Å². The summed E-state index contributed by atoms with van der Waals surface area (Å²) in [6.07, 6.45) is 6.05. The van der Waals surface area contributed by atoms with E-state index in [9.17, 15) is 4.79 Å². The van der Waals surface area contributed by atoms with Crippen molar-refractivity contribution in [3.8, 4) is 0 Å². The highest BCUT2D eigenvalue weighted by Gasteiger charge is 2.30. The maximum atomic E-state index is 11.6. The molecular weight excluding hydrogens is 234 g/mol. The fraction of sp³-hybridized carbons (Fsp3) is 0.417. The van der Waals surface area contributed by atoms with Gasteiger partial charge in [-0.15, -0.1) is 0 Å². The molecule has 90 valence electrons. The van der Waals surface area contributed by atoms with E-state index in [-0.39, 0.29) is 11.8 Å². The van der Waals surface area contributed by atoms with Crippen LogP contribution in [0, 0.1) is 5.92 Å². The second-order valence-electron chi connectivity index (χ2n) is 3.91. The molecule has 4 nitrogen and oxygen atoms in total. The highest BCUT2D eigenvalue weighted by Crippen LogP contribution is 2.31. The number of anilines is 1. The minimum atomic E-state index is 0.0913. The van der Waals surface area contributed by atoms with Crippen LogP contribution in [0.4, 0.5) is 5.13 Å². The lowest BCUT2D eigenvalue weighted by Gasteiger charge is -1.97. The van der Waals surface area contributed by atoms with Crippen molar-refractivity contribution in [1.29, 1.82) is 0 Å². The number of nitrogens with zero attached hydrogens (tertiary/aromatic N) is 2. The Balaban J connectivity index is 2.11. The maximum Gasteiger partial charge on any atom is 0.229 e. The molecule has 17 heavy (non-hydrogen) atoms. The number of thiazole rings is 1. The van der Waals surface area contributed by atoms with Crippen LogP contribution in [-0.4, -0.2) is 17.1 Å². The Labute approximate surface area is 104 Å². The monoisotopic (exact) mass is 249 g/mol. The molecule has 1 aliphatic carbocycles. The zero-order valence-electron chi connectivity index (χ0n) is 9.77. The standard InChI is InChI=1S/C12H15N3OS/c1-3-9-10(7-13-4-2)17-12(14-9)15-11(16)8-5-6-8/h4,7-8H,2-3,5-6H2,1H3,(H,14,15,16)/b13-7-. The molecule has 1 saturated carbocycles. The number of rotatable bonds is 5. The van der Waals surface area contributed by atoms with E-state index in [1.165, 1.54) is 17.5 Å². The third-order valence-electron chi connectivity index (χ3n) is 2.54. The van der Waals surface area contributed by atoms with Crippen LogP contribution in [0.25, 0.3) is 0 Å². The van der Waals surface area contributed by atoms with Gasteiger partial charge in [-0.25, -0.2) is 4.98 Å². The van der Waals surface area contributed by atoms with Gasteiger partial charge in [0.25, 0.3) is 0 Å². The molecule has 1 amide bonds. The van der Waals surface area contributed by atoms with Crippen molar-refractivity contribution in [1.82, 2.24) is 4.98 Å². The fourth-order valence-corrected chi connectivity index (χ4v) is 2.38. The molecule has 0 radical (unpaired) electrons. The topological polar surface area (TPSA) is 54.4 Å². The van der Waals surface area contributed by atoms with Crippen molar-refractivity contribution < 1.29 is 4.79 Å². The van der Waals surface area contributed by atoms with E-state index in [4.69, 9.17) is 0 Å². The van der Waals surface area contributed by atoms with Gasteiger partial charge in [0, 0.05) is 18.3 Å². The number of carbonyl (C=O) groups is 1. The van der Waals surface area contributed by atoms with Gasteiger partial charge in [0.15, 0.2) is 5.13 Å². The van der Waals surface area contributed by atoms with Gasteiger partial charge >= 0.3 is 0 Å². The van der Waals surface area contributed by atoms with E-state index in [2.05, 4.69) is 21.9 Å². The lowest BCUT2D eigenvalue weighted by Crippen LogP contribution is -2.12. The number of nitrogens with one attached hydrogen (secondary N) is 1. The van der Waals surface area contributed by atoms with E-state index in [1.54, 1.807) is 6.21 Å². The zero-order chi connectivity index (χ0) is 12.3. The number of aryl methyl sites for hydroxylation is 1. The molecule has 5 heteroatoms. The van der Waals surface area contributed by atoms with Gasteiger partial charge in [-0.05, 0) is 19.3 Å². The van der Waals surface area contributed by atoms with Crippen LogP contribution in [0.5, 0.6) is 0 Å². The summed E-state index contributed by atoms with van der Waals surface area (Å²) < 4.78 is 0. The molecule has 1 fully saturated rings. The number of aromatic nitrogens is 1. The Kier molecular flexibility index (Phi) is 3.68. The summed E-state index contributed by atoms with van der Waals surface area (Å²) in [5.41, 5.74) is 0.965. The Morgan fingerprint density at radius 1 is 1.71 bits per heavy atom. The van der Waals surface area contributed by atoms with E-state index in [0.29, 0.717) is 5.13 Å². The van der Waals surface area contributed by atoms with E-state index in [0.717, 1.165) is 29.8 Å². The first kappa shape index (κ1) is 12.0. The molecule has 1 aromatic heterocycles. The Hall–Kier alpha value is -1.49. The largest absolute Gasteiger partial charge is 0.302 e. The summed E-state index contributed by atoms with van der Waals surface area (Å²) >= 11 is 1.46. The van der Waals surface area contributed by atoms with Crippen LogP contribution in [0.15, 0.2) is 17.8 Å². The summed E-state index contributed by atoms with van der Waals surface area (Å²) in [6, 6.07) is 0. The third-order valence-corrected chi connectivity index (χ3v) is 3.49. The van der Waals surface area contributed by atoms with Crippen molar-refractivity contribution in [2.24, 2.45) is 10.9 Å². The predicted octanol–water partition coefficient (Wildman–Crippen LogP) is 2.62. The minimum absolute atomic E-state index is 0.0913. The summed E-state index contributed by atoms with van der Waals surface area (Å²) in [5.74, 6) is 0.294. The van der Waals surface area contributed by atoms with Crippen LogP contribution < -0.4 is 5.32 Å². The highest BCUT2D eigenvalue weighted by atomic mass is 32.1. The van der Waals surface area contributed by atoms with Crippen LogP contribution in [0.3, 0.4) is 0 Å². The number of aliphatic imine (C=N–C) groups is 1. The molecule has 0 atom stereocenters. The Bertz CT molecular complexity index is 460. The SMILES string of the molecule is C=C/N=C\c1sc(NC(=O)C2CC2)nc1CC. The highest BCUT2D eigenvalue weighted by molar-refractivity contribution is 7.17. The average molecular weight is 249 g/mol. The van der Waals surface area contributed by atoms with Gasteiger partial charge in [-0.2, -0.15) is 0 Å². The van der Waals surface area contributed by atoms with Gasteiger partial charge in [-0.3, -0.25) is 9.79 Å². The molecule has 1 aromatic rings. The summed E-state index contributed by atoms with van der Waals surface area (Å²) in [6.45, 7) is 5.57. The first-order valence-corrected chi connectivity index (χ1v) is 6.51. The molecule has 2 rings (SSSR count). The molecule has 1 N–H and O–H groups in total. The number of hydrogen-bond acceptors (Lipinski definition) is 4. The number of amides is 1. The molecule has 0 aliphatic heterocycles. The van der Waals surface area contributed by atoms with Gasteiger partial charge in [0.05, 0.1) is 10.6 Å². The molecule has 0 spiro atoms. The molecule has 0 aromatic carbocycles. The van der Waals surface area contributed by atoms with Crippen molar-refractivity contribution in [3.05, 3.63) is 23.3 Å². The van der Waals surface area contributed by atoms with Crippen molar-refractivity contribution in [3.63, 3.8) is 0 Å². The normalized spacial score (nSPS) is 15.1. The van der Waals surface area contributed by atoms with E-state index < -0.39 is 0 Å². The lowest BCUT2D eigenvalue weighted by atomic mass is 10.3. The average Bonchev–Trinajstić information content (AvgIpc) is 3.10. The summed E-state index contributed by atoms with van der Waals surface area (Å²) in [4.78, 5) is 21.0. The third kappa shape index (κ3) is 3.00. The molecule has 1 heterocycles. The van der Waals surface area contributed by atoms with Gasteiger partial charge in [-0.1, -0.05) is 24.8 Å². The van der Waals surface area contributed by atoms with Crippen molar-refractivity contribution in [2.75, 3.05) is 5.32 Å². The molecule has 0 unspecified atom stereocenters. The zero-order valence-corrected chi connectivity index (χ0v) is 10.6. The molecular formula is C12H15N3OS.